The van der Waals surface area contributed by atoms with Crippen molar-refractivity contribution in [2.24, 2.45) is 5.92 Å². The highest BCUT2D eigenvalue weighted by Crippen LogP contribution is 2.14. The molecule has 0 bridgehead atoms. The van der Waals surface area contributed by atoms with Gasteiger partial charge in [0.1, 0.15) is 0 Å². The van der Waals surface area contributed by atoms with Crippen molar-refractivity contribution in [1.29, 1.82) is 0 Å². The average Bonchev–Trinajstić information content (AvgIpc) is 2.83. The van der Waals surface area contributed by atoms with Gasteiger partial charge in [-0.2, -0.15) is 0 Å². The van der Waals surface area contributed by atoms with Gasteiger partial charge in [0.05, 0.1) is 0 Å². The third kappa shape index (κ3) is 5.92. The first kappa shape index (κ1) is 15.8. The van der Waals surface area contributed by atoms with Crippen LogP contribution in [0, 0.1) is 5.92 Å². The van der Waals surface area contributed by atoms with Crippen molar-refractivity contribution in [3.63, 3.8) is 0 Å². The van der Waals surface area contributed by atoms with Crippen LogP contribution in [0.2, 0.25) is 0 Å². The molecule has 1 aliphatic heterocycles. The Bertz CT molecular complexity index is 310. The van der Waals surface area contributed by atoms with Crippen LogP contribution >= 0.6 is 0 Å². The van der Waals surface area contributed by atoms with Crippen LogP contribution in [0.4, 0.5) is 4.79 Å². The summed E-state index contributed by atoms with van der Waals surface area (Å²) in [6, 6.07) is -0.111. The number of carbonyl (C=O) groups excluding carboxylic acids is 1. The molecular formula is C13H25N3O3. The molecule has 1 saturated heterocycles. The zero-order chi connectivity index (χ0) is 14.3. The largest absolute Gasteiger partial charge is 0.481 e. The summed E-state index contributed by atoms with van der Waals surface area (Å²) in [5, 5.41) is 11.5. The average molecular weight is 271 g/mol. The number of carboxylic acid groups (broad SMARTS) is 1. The summed E-state index contributed by atoms with van der Waals surface area (Å²) in [6.45, 7) is 6.57. The van der Waals surface area contributed by atoms with Gasteiger partial charge in [-0.25, -0.2) is 4.79 Å². The maximum atomic E-state index is 11.8. The quantitative estimate of drug-likeness (QED) is 0.719. The van der Waals surface area contributed by atoms with E-state index in [1.54, 1.807) is 11.9 Å². The summed E-state index contributed by atoms with van der Waals surface area (Å²) in [5.41, 5.74) is 0. The fourth-order valence-electron chi connectivity index (χ4n) is 2.30. The molecule has 1 rings (SSSR count). The molecule has 1 fully saturated rings. The van der Waals surface area contributed by atoms with Crippen LogP contribution in [-0.4, -0.2) is 66.7 Å². The highest BCUT2D eigenvalue weighted by molar-refractivity contribution is 5.73. The van der Waals surface area contributed by atoms with Crippen LogP contribution in [0.15, 0.2) is 0 Å². The van der Waals surface area contributed by atoms with Crippen molar-refractivity contribution in [1.82, 2.24) is 15.1 Å². The molecular weight excluding hydrogens is 246 g/mol. The van der Waals surface area contributed by atoms with Crippen molar-refractivity contribution in [3.8, 4) is 0 Å². The lowest BCUT2D eigenvalue weighted by Gasteiger charge is -2.19. The number of nitrogens with zero attached hydrogens (tertiary/aromatic N) is 2. The fraction of sp³-hybridized carbons (Fsp3) is 0.846. The van der Waals surface area contributed by atoms with Crippen LogP contribution in [-0.2, 0) is 4.79 Å². The molecule has 0 spiro atoms. The molecule has 6 heteroatoms. The molecule has 2 N–H and O–H groups in total. The number of carboxylic acids is 1. The van der Waals surface area contributed by atoms with Crippen LogP contribution < -0.4 is 5.32 Å². The summed E-state index contributed by atoms with van der Waals surface area (Å²) in [5.74, 6) is -0.282. The van der Waals surface area contributed by atoms with Crippen molar-refractivity contribution < 1.29 is 14.7 Å². The number of likely N-dealkylation sites (tertiary alicyclic amines) is 1. The first-order valence-electron chi connectivity index (χ1n) is 6.96. The van der Waals surface area contributed by atoms with E-state index in [0.717, 1.165) is 26.1 Å². The van der Waals surface area contributed by atoms with Crippen molar-refractivity contribution in [2.45, 2.75) is 26.2 Å². The molecule has 0 aliphatic carbocycles. The van der Waals surface area contributed by atoms with E-state index in [9.17, 15) is 9.59 Å². The molecule has 0 radical (unpaired) electrons. The van der Waals surface area contributed by atoms with Crippen molar-refractivity contribution in [2.75, 3.05) is 39.8 Å². The second-order valence-corrected chi connectivity index (χ2v) is 5.15. The Kier molecular flexibility index (Phi) is 6.62. The third-order valence-corrected chi connectivity index (χ3v) is 3.59. The fourth-order valence-corrected chi connectivity index (χ4v) is 2.30. The molecule has 1 atom stereocenters. The zero-order valence-electron chi connectivity index (χ0n) is 11.9. The Morgan fingerprint density at radius 2 is 2.21 bits per heavy atom. The first-order chi connectivity index (χ1) is 9.02. The van der Waals surface area contributed by atoms with Crippen molar-refractivity contribution in [3.05, 3.63) is 0 Å². The van der Waals surface area contributed by atoms with Crippen LogP contribution in [0.1, 0.15) is 26.2 Å². The van der Waals surface area contributed by atoms with E-state index in [0.29, 0.717) is 25.4 Å². The lowest BCUT2D eigenvalue weighted by atomic mass is 10.1. The second-order valence-electron chi connectivity index (χ2n) is 5.15. The number of aliphatic carboxylic acids is 1. The van der Waals surface area contributed by atoms with E-state index in [-0.39, 0.29) is 12.5 Å². The molecule has 0 saturated carbocycles. The molecule has 6 nitrogen and oxygen atoms in total. The van der Waals surface area contributed by atoms with E-state index in [1.165, 1.54) is 0 Å². The summed E-state index contributed by atoms with van der Waals surface area (Å²) in [7, 11) is 1.70. The van der Waals surface area contributed by atoms with Crippen LogP contribution in [0.25, 0.3) is 0 Å². The lowest BCUT2D eigenvalue weighted by Crippen LogP contribution is -2.40. The number of carbonyl (C=O) groups is 2. The van der Waals surface area contributed by atoms with Gasteiger partial charge >= 0.3 is 12.0 Å². The van der Waals surface area contributed by atoms with Gasteiger partial charge in [0, 0.05) is 33.1 Å². The Morgan fingerprint density at radius 1 is 1.47 bits per heavy atom. The number of hydrogen-bond acceptors (Lipinski definition) is 3. The normalized spacial score (nSPS) is 19.4. The minimum Gasteiger partial charge on any atom is -0.481 e. The highest BCUT2D eigenvalue weighted by atomic mass is 16.4. The lowest BCUT2D eigenvalue weighted by molar-refractivity contribution is -0.137. The minimum atomic E-state index is -0.820. The number of rotatable bonds is 7. The molecule has 1 unspecified atom stereocenters. The molecule has 0 aromatic rings. The van der Waals surface area contributed by atoms with E-state index in [4.69, 9.17) is 5.11 Å². The Morgan fingerprint density at radius 3 is 2.79 bits per heavy atom. The Hall–Kier alpha value is -1.30. The second kappa shape index (κ2) is 7.99. The molecule has 1 heterocycles. The van der Waals surface area contributed by atoms with E-state index >= 15 is 0 Å². The number of hydrogen-bond donors (Lipinski definition) is 2. The SMILES string of the molecule is CCN1CCC(CNC(=O)N(C)CCCC(=O)O)C1. The Balaban J connectivity index is 2.14. The molecule has 1 aliphatic rings. The van der Waals surface area contributed by atoms with E-state index in [2.05, 4.69) is 17.1 Å². The van der Waals surface area contributed by atoms with Gasteiger partial charge in [0.2, 0.25) is 0 Å². The first-order valence-corrected chi connectivity index (χ1v) is 6.96. The van der Waals surface area contributed by atoms with E-state index < -0.39 is 5.97 Å². The summed E-state index contributed by atoms with van der Waals surface area (Å²) < 4.78 is 0. The molecule has 0 aromatic heterocycles. The summed E-state index contributed by atoms with van der Waals surface area (Å²) >= 11 is 0. The summed E-state index contributed by atoms with van der Waals surface area (Å²) in [6.07, 6.45) is 1.73. The maximum absolute atomic E-state index is 11.8. The third-order valence-electron chi connectivity index (χ3n) is 3.59. The van der Waals surface area contributed by atoms with Crippen LogP contribution in [0.5, 0.6) is 0 Å². The predicted octanol–water partition coefficient (Wildman–Crippen LogP) is 0.834. The highest BCUT2D eigenvalue weighted by Gasteiger charge is 2.21. The van der Waals surface area contributed by atoms with Crippen molar-refractivity contribution >= 4 is 12.0 Å². The van der Waals surface area contributed by atoms with Gasteiger partial charge < -0.3 is 20.2 Å². The smallest absolute Gasteiger partial charge is 0.317 e. The monoisotopic (exact) mass is 271 g/mol. The molecule has 2 amide bonds. The van der Waals surface area contributed by atoms with Crippen LogP contribution in [0.3, 0.4) is 0 Å². The topological polar surface area (TPSA) is 72.9 Å². The molecule has 110 valence electrons. The minimum absolute atomic E-state index is 0.103. The van der Waals surface area contributed by atoms with Gasteiger partial charge in [-0.15, -0.1) is 0 Å². The number of amides is 2. The van der Waals surface area contributed by atoms with Gasteiger partial charge in [0.15, 0.2) is 0 Å². The summed E-state index contributed by atoms with van der Waals surface area (Å²) in [4.78, 5) is 26.1. The maximum Gasteiger partial charge on any atom is 0.317 e. The number of urea groups is 1. The van der Waals surface area contributed by atoms with E-state index in [1.807, 2.05) is 0 Å². The van der Waals surface area contributed by atoms with Gasteiger partial charge in [-0.3, -0.25) is 4.79 Å². The zero-order valence-corrected chi connectivity index (χ0v) is 11.9. The molecule has 0 aromatic carbocycles. The number of nitrogens with one attached hydrogen (secondary N) is 1. The predicted molar refractivity (Wildman–Crippen MR) is 73.1 cm³/mol. The van der Waals surface area contributed by atoms with Gasteiger partial charge in [0.25, 0.3) is 0 Å². The standard InChI is InChI=1S/C13H25N3O3/c1-3-16-8-6-11(10-16)9-14-13(19)15(2)7-4-5-12(17)18/h11H,3-10H2,1-2H3,(H,14,19)(H,17,18). The van der Waals surface area contributed by atoms with Gasteiger partial charge in [-0.1, -0.05) is 6.92 Å². The Labute approximate surface area is 114 Å². The van der Waals surface area contributed by atoms with Gasteiger partial charge in [-0.05, 0) is 31.8 Å². The molecule has 19 heavy (non-hydrogen) atoms.